The highest BCUT2D eigenvalue weighted by Crippen LogP contribution is 2.50. The molecule has 1 unspecified atom stereocenters. The van der Waals surface area contributed by atoms with Gasteiger partial charge in [0.15, 0.2) is 5.82 Å². The monoisotopic (exact) mass is 452 g/mol. The molecule has 1 aromatic heterocycles. The van der Waals surface area contributed by atoms with Crippen molar-refractivity contribution in [3.8, 4) is 5.75 Å². The quantitative estimate of drug-likeness (QED) is 0.565. The number of nitrogens with zero attached hydrogens (tertiary/aromatic N) is 4. The maximum atomic E-state index is 12.1. The Labute approximate surface area is 196 Å². The lowest BCUT2D eigenvalue weighted by atomic mass is 9.90. The van der Waals surface area contributed by atoms with Gasteiger partial charge in [-0.05, 0) is 67.6 Å². The second-order valence-corrected chi connectivity index (χ2v) is 10.3. The summed E-state index contributed by atoms with van der Waals surface area (Å²) in [6.07, 6.45) is 6.51. The Hall–Kier alpha value is -2.57. The maximum Gasteiger partial charge on any atom is 0.324 e. The molecular formula is C26H36N4O3. The summed E-state index contributed by atoms with van der Waals surface area (Å²) in [4.78, 5) is 20.8. The summed E-state index contributed by atoms with van der Waals surface area (Å²) in [5.74, 6) is 4.68. The number of rotatable bonds is 9. The fourth-order valence-corrected chi connectivity index (χ4v) is 5.17. The normalized spacial score (nSPS) is 23.0. The molecule has 3 fully saturated rings. The highest BCUT2D eigenvalue weighted by Gasteiger charge is 2.43. The third-order valence-corrected chi connectivity index (χ3v) is 7.59. The van der Waals surface area contributed by atoms with Crippen LogP contribution in [0, 0.1) is 17.8 Å². The lowest BCUT2D eigenvalue weighted by Crippen LogP contribution is -2.42. The van der Waals surface area contributed by atoms with Gasteiger partial charge in [-0.15, -0.1) is 0 Å². The zero-order valence-electron chi connectivity index (χ0n) is 19.9. The van der Waals surface area contributed by atoms with E-state index in [0.29, 0.717) is 18.4 Å². The first-order chi connectivity index (χ1) is 16.1. The summed E-state index contributed by atoms with van der Waals surface area (Å²) in [7, 11) is 0. The average Bonchev–Trinajstić information content (AvgIpc) is 3.36. The summed E-state index contributed by atoms with van der Waals surface area (Å²) in [5, 5.41) is 4.10. The molecule has 7 nitrogen and oxygen atoms in total. The van der Waals surface area contributed by atoms with E-state index in [9.17, 15) is 4.79 Å². The molecule has 2 aliphatic heterocycles. The number of carbonyl (C=O) groups excluding carboxylic acids is 1. The van der Waals surface area contributed by atoms with Gasteiger partial charge in [0, 0.05) is 32.1 Å². The third kappa shape index (κ3) is 5.33. The summed E-state index contributed by atoms with van der Waals surface area (Å²) in [6, 6.07) is 8.73. The van der Waals surface area contributed by atoms with Crippen LogP contribution in [0.3, 0.4) is 0 Å². The Kier molecular flexibility index (Phi) is 6.56. The van der Waals surface area contributed by atoms with E-state index in [-0.39, 0.29) is 5.91 Å². The second-order valence-electron chi connectivity index (χ2n) is 10.3. The maximum absolute atomic E-state index is 12.1. The Morgan fingerprint density at radius 2 is 1.91 bits per heavy atom. The number of hydrogen-bond donors (Lipinski definition) is 0. The molecule has 2 atom stereocenters. The Morgan fingerprint density at radius 1 is 1.15 bits per heavy atom. The first kappa shape index (κ1) is 22.2. The third-order valence-electron chi connectivity index (χ3n) is 7.59. The van der Waals surface area contributed by atoms with Gasteiger partial charge in [-0.25, -0.2) is 0 Å². The van der Waals surface area contributed by atoms with E-state index in [1.165, 1.54) is 19.3 Å². The van der Waals surface area contributed by atoms with Gasteiger partial charge in [0.25, 0.3) is 0 Å². The highest BCUT2D eigenvalue weighted by molar-refractivity contribution is 5.79. The lowest BCUT2D eigenvalue weighted by Gasteiger charge is -2.31. The van der Waals surface area contributed by atoms with E-state index in [4.69, 9.17) is 9.26 Å². The molecule has 1 aromatic carbocycles. The van der Waals surface area contributed by atoms with Crippen LogP contribution in [0.25, 0.3) is 0 Å². The zero-order chi connectivity index (χ0) is 22.8. The van der Waals surface area contributed by atoms with Gasteiger partial charge >= 0.3 is 6.01 Å². The van der Waals surface area contributed by atoms with E-state index < -0.39 is 0 Å². The van der Waals surface area contributed by atoms with Crippen molar-refractivity contribution < 1.29 is 14.1 Å². The average molecular weight is 453 g/mol. The fraction of sp³-hybridized carbons (Fsp3) is 0.654. The number of likely N-dealkylation sites (tertiary alicyclic amines) is 1. The van der Waals surface area contributed by atoms with Crippen molar-refractivity contribution in [2.24, 2.45) is 17.8 Å². The number of carbonyl (C=O) groups is 1. The van der Waals surface area contributed by atoms with Crippen molar-refractivity contribution >= 4 is 11.9 Å². The molecule has 7 heteroatoms. The molecule has 33 heavy (non-hydrogen) atoms. The van der Waals surface area contributed by atoms with Crippen LogP contribution < -0.4 is 9.64 Å². The number of hydrogen-bond acceptors (Lipinski definition) is 6. The summed E-state index contributed by atoms with van der Waals surface area (Å²) in [6.45, 7) is 8.80. The zero-order valence-corrected chi connectivity index (χ0v) is 19.9. The van der Waals surface area contributed by atoms with Gasteiger partial charge in [0.05, 0.1) is 13.0 Å². The molecule has 1 saturated carbocycles. The molecule has 5 rings (SSSR count). The van der Waals surface area contributed by atoms with Gasteiger partial charge in [-0.2, -0.15) is 4.98 Å². The highest BCUT2D eigenvalue weighted by atomic mass is 16.5. The molecule has 0 spiro atoms. The first-order valence-electron chi connectivity index (χ1n) is 12.6. The molecule has 3 aliphatic rings. The lowest BCUT2D eigenvalue weighted by molar-refractivity contribution is -0.133. The first-order valence-corrected chi connectivity index (χ1v) is 12.6. The van der Waals surface area contributed by atoms with E-state index in [2.05, 4.69) is 28.9 Å². The smallest absolute Gasteiger partial charge is 0.324 e. The van der Waals surface area contributed by atoms with E-state index in [1.807, 2.05) is 29.2 Å². The fourth-order valence-electron chi connectivity index (χ4n) is 5.17. The number of piperidine rings is 1. The number of amides is 1. The topological polar surface area (TPSA) is 71.7 Å². The van der Waals surface area contributed by atoms with Crippen molar-refractivity contribution in [3.63, 3.8) is 0 Å². The van der Waals surface area contributed by atoms with Crippen molar-refractivity contribution in [3.05, 3.63) is 35.7 Å². The Bertz CT molecular complexity index is 929. The summed E-state index contributed by atoms with van der Waals surface area (Å²) in [5.41, 5.74) is 1.06. The van der Waals surface area contributed by atoms with Crippen LogP contribution in [0.1, 0.15) is 63.3 Å². The molecule has 1 amide bonds. The summed E-state index contributed by atoms with van der Waals surface area (Å²) < 4.78 is 11.5. The van der Waals surface area contributed by atoms with Crippen LogP contribution in [-0.4, -0.2) is 53.7 Å². The van der Waals surface area contributed by atoms with Gasteiger partial charge in [-0.1, -0.05) is 31.1 Å². The van der Waals surface area contributed by atoms with Crippen LogP contribution in [0.15, 0.2) is 28.8 Å². The van der Waals surface area contributed by atoms with Crippen molar-refractivity contribution in [1.82, 2.24) is 15.0 Å². The number of benzene rings is 1. The number of aromatic nitrogens is 2. The standard InChI is InChI=1S/C26H36N4O3/c1-18(2)25-27-26(33-28-25)30-13-8-20(9-14-30)23-17-21(23)10-15-32-22-6-4-19(5-7-22)16-24(31)29-11-3-12-29/h4-7,18,20-21,23H,3,8-17H2,1-2H3/t21?,23-/m1/s1. The van der Waals surface area contributed by atoms with E-state index in [1.54, 1.807) is 0 Å². The molecule has 1 aliphatic carbocycles. The molecule has 2 aromatic rings. The van der Waals surface area contributed by atoms with Gasteiger partial charge < -0.3 is 19.1 Å². The SMILES string of the molecule is CC(C)c1noc(N2CCC([C@H]3CC3CCOc3ccc(CC(=O)N4CCC4)cc3)CC2)n1. The molecular weight excluding hydrogens is 416 g/mol. The molecule has 3 heterocycles. The van der Waals surface area contributed by atoms with Crippen LogP contribution in [0.2, 0.25) is 0 Å². The minimum Gasteiger partial charge on any atom is -0.494 e. The van der Waals surface area contributed by atoms with Gasteiger partial charge in [-0.3, -0.25) is 4.79 Å². The van der Waals surface area contributed by atoms with Crippen molar-refractivity contribution in [2.45, 2.75) is 58.3 Å². The van der Waals surface area contributed by atoms with Crippen LogP contribution in [-0.2, 0) is 11.2 Å². The second kappa shape index (κ2) is 9.74. The minimum atomic E-state index is 0.234. The number of ether oxygens (including phenoxy) is 1. The molecule has 2 saturated heterocycles. The van der Waals surface area contributed by atoms with Gasteiger partial charge in [0.2, 0.25) is 5.91 Å². The minimum absolute atomic E-state index is 0.234. The predicted octanol–water partition coefficient (Wildman–Crippen LogP) is 4.29. The predicted molar refractivity (Wildman–Crippen MR) is 126 cm³/mol. The van der Waals surface area contributed by atoms with Crippen LogP contribution >= 0.6 is 0 Å². The molecule has 178 valence electrons. The van der Waals surface area contributed by atoms with Crippen molar-refractivity contribution in [2.75, 3.05) is 37.7 Å². The Morgan fingerprint density at radius 3 is 2.55 bits per heavy atom. The summed E-state index contributed by atoms with van der Waals surface area (Å²) >= 11 is 0. The largest absolute Gasteiger partial charge is 0.494 e. The number of anilines is 1. The Balaban J connectivity index is 0.995. The molecule has 0 N–H and O–H groups in total. The van der Waals surface area contributed by atoms with E-state index in [0.717, 1.165) is 80.5 Å². The molecule has 0 radical (unpaired) electrons. The van der Waals surface area contributed by atoms with Crippen LogP contribution in [0.5, 0.6) is 5.75 Å². The van der Waals surface area contributed by atoms with Crippen molar-refractivity contribution in [1.29, 1.82) is 0 Å². The molecule has 0 bridgehead atoms. The van der Waals surface area contributed by atoms with Crippen LogP contribution in [0.4, 0.5) is 6.01 Å². The van der Waals surface area contributed by atoms with Gasteiger partial charge in [0.1, 0.15) is 5.75 Å². The van der Waals surface area contributed by atoms with E-state index >= 15 is 0 Å².